The van der Waals surface area contributed by atoms with E-state index in [1.807, 2.05) is 6.07 Å². The number of nitriles is 1. The lowest BCUT2D eigenvalue weighted by Gasteiger charge is -2.19. The first-order valence-electron chi connectivity index (χ1n) is 6.93. The number of hydrogen-bond donors (Lipinski definition) is 2. The average molecular weight is 271 g/mol. The molecule has 0 aromatic heterocycles. The van der Waals surface area contributed by atoms with Crippen molar-refractivity contribution < 1.29 is 9.53 Å². The summed E-state index contributed by atoms with van der Waals surface area (Å²) in [6.07, 6.45) is 3.24. The normalized spacial score (nSPS) is 27.1. The van der Waals surface area contributed by atoms with E-state index in [0.29, 0.717) is 17.8 Å². The number of nitrogens with one attached hydrogen (secondary N) is 2. The second-order valence-corrected chi connectivity index (χ2v) is 5.35. The molecule has 20 heavy (non-hydrogen) atoms. The molecule has 5 nitrogen and oxygen atoms in total. The summed E-state index contributed by atoms with van der Waals surface area (Å²) in [6.45, 7) is 0.0303. The van der Waals surface area contributed by atoms with Crippen LogP contribution in [0.1, 0.15) is 19.3 Å². The summed E-state index contributed by atoms with van der Waals surface area (Å²) in [5.74, 6) is 0.810. The lowest BCUT2D eigenvalue weighted by molar-refractivity contribution is -0.120. The predicted octanol–water partition coefficient (Wildman–Crippen LogP) is 1.67. The second-order valence-electron chi connectivity index (χ2n) is 5.35. The van der Waals surface area contributed by atoms with Gasteiger partial charge in [0.1, 0.15) is 11.8 Å². The van der Waals surface area contributed by atoms with Crippen molar-refractivity contribution in [2.45, 2.75) is 31.3 Å². The molecule has 0 aliphatic carbocycles. The van der Waals surface area contributed by atoms with E-state index in [4.69, 9.17) is 10.00 Å². The summed E-state index contributed by atoms with van der Waals surface area (Å²) >= 11 is 0. The van der Waals surface area contributed by atoms with Gasteiger partial charge in [-0.25, -0.2) is 0 Å². The minimum Gasteiger partial charge on any atom is -0.479 e. The Balaban J connectivity index is 1.57. The van der Waals surface area contributed by atoms with Gasteiger partial charge < -0.3 is 15.4 Å². The van der Waals surface area contributed by atoms with Crippen molar-refractivity contribution in [3.05, 3.63) is 24.3 Å². The third-order valence-corrected chi connectivity index (χ3v) is 4.06. The number of benzene rings is 1. The molecule has 3 atom stereocenters. The van der Waals surface area contributed by atoms with Crippen LogP contribution in [0.15, 0.2) is 24.3 Å². The maximum Gasteiger partial charge on any atom is 0.229 e. The monoisotopic (exact) mass is 271 g/mol. The van der Waals surface area contributed by atoms with E-state index in [-0.39, 0.29) is 18.4 Å². The third-order valence-electron chi connectivity index (χ3n) is 4.06. The Hall–Kier alpha value is -2.06. The largest absolute Gasteiger partial charge is 0.479 e. The highest BCUT2D eigenvalue weighted by Gasteiger charge is 2.42. The predicted molar refractivity (Wildman–Crippen MR) is 74.2 cm³/mol. The number of nitrogens with zero attached hydrogens (tertiary/aromatic N) is 1. The van der Waals surface area contributed by atoms with Crippen molar-refractivity contribution in [3.8, 4) is 11.8 Å². The molecular weight excluding hydrogens is 254 g/mol. The number of hydrogen-bond acceptors (Lipinski definition) is 4. The summed E-state index contributed by atoms with van der Waals surface area (Å²) in [4.78, 5) is 12.2. The molecule has 2 heterocycles. The minimum atomic E-state index is 0.0303. The topological polar surface area (TPSA) is 74.1 Å². The molecule has 0 saturated carbocycles. The number of fused-ring (bicyclic) bond motifs is 2. The molecule has 2 N–H and O–H groups in total. The van der Waals surface area contributed by atoms with Gasteiger partial charge in [-0.1, -0.05) is 0 Å². The average Bonchev–Trinajstić information content (AvgIpc) is 3.09. The highest BCUT2D eigenvalue weighted by atomic mass is 16.5. The van der Waals surface area contributed by atoms with E-state index < -0.39 is 0 Å². The first-order valence-corrected chi connectivity index (χ1v) is 6.93. The van der Waals surface area contributed by atoms with Crippen LogP contribution in [0.2, 0.25) is 0 Å². The van der Waals surface area contributed by atoms with Crippen LogP contribution in [0.4, 0.5) is 5.69 Å². The van der Waals surface area contributed by atoms with Crippen LogP contribution in [0.3, 0.4) is 0 Å². The van der Waals surface area contributed by atoms with Crippen molar-refractivity contribution in [3.63, 3.8) is 0 Å². The van der Waals surface area contributed by atoms with Gasteiger partial charge in [0.2, 0.25) is 5.91 Å². The fourth-order valence-electron chi connectivity index (χ4n) is 3.10. The zero-order chi connectivity index (χ0) is 13.9. The molecule has 5 heteroatoms. The Kier molecular flexibility index (Phi) is 3.57. The van der Waals surface area contributed by atoms with Gasteiger partial charge in [0.25, 0.3) is 0 Å². The molecule has 1 amide bonds. The third kappa shape index (κ3) is 2.61. The molecule has 2 aliphatic rings. The van der Waals surface area contributed by atoms with Crippen LogP contribution in [-0.2, 0) is 4.79 Å². The van der Waals surface area contributed by atoms with Crippen LogP contribution in [0, 0.1) is 17.2 Å². The number of ether oxygens (including phenoxy) is 1. The molecule has 2 saturated heterocycles. The molecule has 1 aromatic rings. The first kappa shape index (κ1) is 12.9. The molecule has 3 rings (SSSR count). The van der Waals surface area contributed by atoms with Crippen LogP contribution in [0.5, 0.6) is 5.75 Å². The standard InChI is InChI=1S/C15H17N3O2/c16-7-8-20-12-4-1-10(2-5-12)18-15(19)13-9-11-3-6-14(13)17-11/h1-2,4-5,11,13-14,17H,3,6,8-9H2,(H,18,19). The van der Waals surface area contributed by atoms with E-state index in [1.165, 1.54) is 6.42 Å². The van der Waals surface area contributed by atoms with Crippen LogP contribution >= 0.6 is 0 Å². The van der Waals surface area contributed by atoms with Crippen LogP contribution < -0.4 is 15.4 Å². The van der Waals surface area contributed by atoms with Crippen molar-refractivity contribution in [2.75, 3.05) is 11.9 Å². The van der Waals surface area contributed by atoms with Crippen molar-refractivity contribution >= 4 is 11.6 Å². The summed E-state index contributed by atoms with van der Waals surface area (Å²) in [7, 11) is 0. The fourth-order valence-corrected chi connectivity index (χ4v) is 3.10. The van der Waals surface area contributed by atoms with E-state index in [1.54, 1.807) is 24.3 Å². The molecule has 0 spiro atoms. The van der Waals surface area contributed by atoms with Gasteiger partial charge >= 0.3 is 0 Å². The quantitative estimate of drug-likeness (QED) is 0.873. The van der Waals surface area contributed by atoms with E-state index in [9.17, 15) is 4.79 Å². The minimum absolute atomic E-state index is 0.0303. The highest BCUT2D eigenvalue weighted by Crippen LogP contribution is 2.33. The molecule has 0 radical (unpaired) electrons. The SMILES string of the molecule is N#CCOc1ccc(NC(=O)C2CC3CCC2N3)cc1. The van der Waals surface area contributed by atoms with Gasteiger partial charge in [-0.05, 0) is 43.5 Å². The molecule has 2 bridgehead atoms. The van der Waals surface area contributed by atoms with Crippen molar-refractivity contribution in [1.82, 2.24) is 5.32 Å². The molecule has 3 unspecified atom stereocenters. The van der Waals surface area contributed by atoms with Gasteiger partial charge in [0.15, 0.2) is 6.61 Å². The Morgan fingerprint density at radius 3 is 2.80 bits per heavy atom. The van der Waals surface area contributed by atoms with Gasteiger partial charge in [0.05, 0.1) is 5.92 Å². The zero-order valence-electron chi connectivity index (χ0n) is 11.1. The fraction of sp³-hybridized carbons (Fsp3) is 0.467. The number of rotatable bonds is 4. The first-order chi connectivity index (χ1) is 9.76. The Morgan fingerprint density at radius 1 is 1.40 bits per heavy atom. The lowest BCUT2D eigenvalue weighted by Crippen LogP contribution is -2.32. The van der Waals surface area contributed by atoms with Crippen molar-refractivity contribution in [1.29, 1.82) is 5.26 Å². The Bertz CT molecular complexity index is 535. The number of anilines is 1. The van der Waals surface area contributed by atoms with Crippen LogP contribution in [0.25, 0.3) is 0 Å². The van der Waals surface area contributed by atoms with Gasteiger partial charge in [-0.15, -0.1) is 0 Å². The molecule has 2 fully saturated rings. The zero-order valence-corrected chi connectivity index (χ0v) is 11.1. The smallest absolute Gasteiger partial charge is 0.229 e. The molecule has 104 valence electrons. The Morgan fingerprint density at radius 2 is 2.20 bits per heavy atom. The molecular formula is C15H17N3O2. The van der Waals surface area contributed by atoms with Crippen LogP contribution in [-0.4, -0.2) is 24.6 Å². The van der Waals surface area contributed by atoms with E-state index in [0.717, 1.165) is 18.5 Å². The Labute approximate surface area is 117 Å². The highest BCUT2D eigenvalue weighted by molar-refractivity contribution is 5.93. The summed E-state index contributed by atoms with van der Waals surface area (Å²) in [5, 5.41) is 14.9. The number of amides is 1. The van der Waals surface area contributed by atoms with E-state index >= 15 is 0 Å². The summed E-state index contributed by atoms with van der Waals surface area (Å²) in [6, 6.07) is 9.89. The summed E-state index contributed by atoms with van der Waals surface area (Å²) < 4.78 is 5.17. The number of carbonyl (C=O) groups excluding carboxylic acids is 1. The summed E-state index contributed by atoms with van der Waals surface area (Å²) in [5.41, 5.74) is 0.766. The lowest BCUT2D eigenvalue weighted by atomic mass is 9.88. The van der Waals surface area contributed by atoms with Gasteiger partial charge in [0, 0.05) is 17.8 Å². The van der Waals surface area contributed by atoms with Gasteiger partial charge in [-0.3, -0.25) is 4.79 Å². The molecule has 2 aliphatic heterocycles. The van der Waals surface area contributed by atoms with Gasteiger partial charge in [-0.2, -0.15) is 5.26 Å². The number of carbonyl (C=O) groups is 1. The molecule has 1 aromatic carbocycles. The van der Waals surface area contributed by atoms with Crippen molar-refractivity contribution in [2.24, 2.45) is 5.92 Å². The maximum absolute atomic E-state index is 12.2. The second kappa shape index (κ2) is 5.51. The maximum atomic E-state index is 12.2. The van der Waals surface area contributed by atoms with E-state index in [2.05, 4.69) is 10.6 Å².